The lowest BCUT2D eigenvalue weighted by Crippen LogP contribution is -2.48. The fourth-order valence-electron chi connectivity index (χ4n) is 2.24. The summed E-state index contributed by atoms with van der Waals surface area (Å²) in [4.78, 5) is 14.6. The number of nitrogens with zero attached hydrogens (tertiary/aromatic N) is 1. The van der Waals surface area contributed by atoms with E-state index in [0.717, 1.165) is 18.5 Å². The molecule has 2 unspecified atom stereocenters. The van der Waals surface area contributed by atoms with Crippen LogP contribution in [0.15, 0.2) is 30.3 Å². The molecular weight excluding hydrogens is 264 g/mol. The Morgan fingerprint density at radius 2 is 1.95 bits per heavy atom. The number of ether oxygens (including phenoxy) is 1. The minimum atomic E-state index is -1.08. The van der Waals surface area contributed by atoms with Gasteiger partial charge in [-0.05, 0) is 39.3 Å². The first-order valence-corrected chi connectivity index (χ1v) is 7.67. The number of hydrogen-bond donors (Lipinski definition) is 1. The molecule has 4 nitrogen and oxygen atoms in total. The summed E-state index contributed by atoms with van der Waals surface area (Å²) in [7, 11) is 2.06. The number of nitrogens with two attached hydrogens (primary N) is 1. The molecule has 0 saturated heterocycles. The zero-order valence-electron chi connectivity index (χ0n) is 13.6. The summed E-state index contributed by atoms with van der Waals surface area (Å²) in [5.74, 6) is -0.353. The van der Waals surface area contributed by atoms with Crippen molar-refractivity contribution in [3.8, 4) is 0 Å². The van der Waals surface area contributed by atoms with Crippen LogP contribution in [0, 0.1) is 0 Å². The quantitative estimate of drug-likeness (QED) is 0.748. The molecular formula is C17H28N2O2. The van der Waals surface area contributed by atoms with Gasteiger partial charge in [-0.15, -0.1) is 0 Å². The zero-order valence-corrected chi connectivity index (χ0v) is 13.6. The molecule has 1 aromatic carbocycles. The van der Waals surface area contributed by atoms with Crippen molar-refractivity contribution in [2.24, 2.45) is 5.73 Å². The van der Waals surface area contributed by atoms with Gasteiger partial charge in [0.15, 0.2) is 0 Å². The first-order chi connectivity index (χ1) is 9.95. The number of benzene rings is 1. The lowest BCUT2D eigenvalue weighted by atomic mass is 9.87. The van der Waals surface area contributed by atoms with E-state index in [-0.39, 0.29) is 5.97 Å². The van der Waals surface area contributed by atoms with Crippen molar-refractivity contribution < 1.29 is 9.53 Å². The van der Waals surface area contributed by atoms with E-state index in [9.17, 15) is 4.79 Å². The van der Waals surface area contributed by atoms with Gasteiger partial charge in [0.25, 0.3) is 0 Å². The molecule has 0 bridgehead atoms. The molecule has 2 atom stereocenters. The highest BCUT2D eigenvalue weighted by Crippen LogP contribution is 2.24. The average molecular weight is 292 g/mol. The van der Waals surface area contributed by atoms with Gasteiger partial charge in [-0.2, -0.15) is 0 Å². The molecule has 0 fully saturated rings. The third kappa shape index (κ3) is 4.55. The number of carbonyl (C=O) groups is 1. The van der Waals surface area contributed by atoms with Crippen LogP contribution in [0.25, 0.3) is 0 Å². The molecule has 118 valence electrons. The maximum atomic E-state index is 12.4. The third-order valence-corrected chi connectivity index (χ3v) is 4.13. The van der Waals surface area contributed by atoms with Gasteiger partial charge < -0.3 is 15.4 Å². The molecule has 0 radical (unpaired) electrons. The van der Waals surface area contributed by atoms with Crippen LogP contribution in [0.2, 0.25) is 0 Å². The van der Waals surface area contributed by atoms with Crippen LogP contribution in [-0.4, -0.2) is 37.1 Å². The summed E-state index contributed by atoms with van der Waals surface area (Å²) >= 11 is 0. The molecule has 2 N–H and O–H groups in total. The predicted octanol–water partition coefficient (Wildman–Crippen LogP) is 2.52. The minimum absolute atomic E-state index is 0.339. The largest absolute Gasteiger partial charge is 0.464 e. The van der Waals surface area contributed by atoms with E-state index in [1.165, 1.54) is 0 Å². The van der Waals surface area contributed by atoms with Crippen molar-refractivity contribution in [1.82, 2.24) is 4.90 Å². The second kappa shape index (κ2) is 8.15. The molecule has 21 heavy (non-hydrogen) atoms. The van der Waals surface area contributed by atoms with Gasteiger partial charge in [-0.1, -0.05) is 37.3 Å². The van der Waals surface area contributed by atoms with Crippen molar-refractivity contribution >= 4 is 5.97 Å². The Morgan fingerprint density at radius 3 is 2.48 bits per heavy atom. The molecule has 0 aliphatic carbocycles. The molecule has 0 saturated carbocycles. The van der Waals surface area contributed by atoms with Gasteiger partial charge in [0.1, 0.15) is 5.54 Å². The van der Waals surface area contributed by atoms with E-state index < -0.39 is 5.54 Å². The average Bonchev–Trinajstić information content (AvgIpc) is 2.52. The van der Waals surface area contributed by atoms with Crippen LogP contribution in [0.1, 0.15) is 39.2 Å². The monoisotopic (exact) mass is 292 g/mol. The first kappa shape index (κ1) is 17.7. The summed E-state index contributed by atoms with van der Waals surface area (Å²) in [6.45, 7) is 7.21. The van der Waals surface area contributed by atoms with Gasteiger partial charge in [0.2, 0.25) is 0 Å². The van der Waals surface area contributed by atoms with E-state index in [1.807, 2.05) is 30.3 Å². The fraction of sp³-hybridized carbons (Fsp3) is 0.588. The molecule has 0 aromatic heterocycles. The van der Waals surface area contributed by atoms with Crippen molar-refractivity contribution in [2.75, 3.05) is 20.2 Å². The first-order valence-electron chi connectivity index (χ1n) is 7.67. The van der Waals surface area contributed by atoms with E-state index in [1.54, 1.807) is 6.92 Å². The number of hydrogen-bond acceptors (Lipinski definition) is 4. The maximum absolute atomic E-state index is 12.4. The molecule has 1 aromatic rings. The van der Waals surface area contributed by atoms with Crippen LogP contribution in [-0.2, 0) is 15.1 Å². The lowest BCUT2D eigenvalue weighted by molar-refractivity contribution is -0.150. The predicted molar refractivity (Wildman–Crippen MR) is 85.9 cm³/mol. The summed E-state index contributed by atoms with van der Waals surface area (Å²) in [6.07, 6.45) is 1.61. The Labute approximate surface area is 128 Å². The lowest BCUT2D eigenvalue weighted by Gasteiger charge is -2.31. The van der Waals surface area contributed by atoms with Crippen LogP contribution >= 0.6 is 0 Å². The SMILES string of the molecule is CCOC(=O)C(N)(CCN(C)C(C)CC)c1ccccc1. The Kier molecular flexibility index (Phi) is 6.85. The minimum Gasteiger partial charge on any atom is -0.464 e. The Bertz CT molecular complexity index is 436. The van der Waals surface area contributed by atoms with E-state index >= 15 is 0 Å². The molecule has 0 spiro atoms. The normalized spacial score (nSPS) is 15.5. The Hall–Kier alpha value is -1.39. The maximum Gasteiger partial charge on any atom is 0.330 e. The Morgan fingerprint density at radius 1 is 1.33 bits per heavy atom. The van der Waals surface area contributed by atoms with Crippen LogP contribution < -0.4 is 5.73 Å². The van der Waals surface area contributed by atoms with Gasteiger partial charge in [0, 0.05) is 12.6 Å². The highest BCUT2D eigenvalue weighted by atomic mass is 16.5. The highest BCUT2D eigenvalue weighted by Gasteiger charge is 2.37. The van der Waals surface area contributed by atoms with Gasteiger partial charge in [-0.3, -0.25) is 0 Å². The Balaban J connectivity index is 2.90. The molecule has 0 aliphatic heterocycles. The van der Waals surface area contributed by atoms with Gasteiger partial charge in [0.05, 0.1) is 6.61 Å². The van der Waals surface area contributed by atoms with Crippen LogP contribution in [0.3, 0.4) is 0 Å². The number of rotatable bonds is 8. The smallest absolute Gasteiger partial charge is 0.330 e. The van der Waals surface area contributed by atoms with Crippen molar-refractivity contribution in [3.05, 3.63) is 35.9 Å². The number of carbonyl (C=O) groups excluding carboxylic acids is 1. The molecule has 4 heteroatoms. The van der Waals surface area contributed by atoms with E-state index in [2.05, 4.69) is 25.8 Å². The highest BCUT2D eigenvalue weighted by molar-refractivity contribution is 5.82. The second-order valence-corrected chi connectivity index (χ2v) is 5.55. The van der Waals surface area contributed by atoms with Crippen LogP contribution in [0.4, 0.5) is 0 Å². The summed E-state index contributed by atoms with van der Waals surface area (Å²) < 4.78 is 5.20. The summed E-state index contributed by atoms with van der Waals surface area (Å²) in [5.41, 5.74) is 6.16. The van der Waals surface area contributed by atoms with Gasteiger partial charge >= 0.3 is 5.97 Å². The van der Waals surface area contributed by atoms with Gasteiger partial charge in [-0.25, -0.2) is 4.79 Å². The van der Waals surface area contributed by atoms with Crippen molar-refractivity contribution in [2.45, 2.75) is 45.2 Å². The standard InChI is InChI=1S/C17H28N2O2/c1-5-14(3)19(4)13-12-17(18,16(20)21-6-2)15-10-8-7-9-11-15/h7-11,14H,5-6,12-13,18H2,1-4H3. The van der Waals surface area contributed by atoms with Crippen LogP contribution in [0.5, 0.6) is 0 Å². The fourth-order valence-corrected chi connectivity index (χ4v) is 2.24. The molecule has 0 aliphatic rings. The topological polar surface area (TPSA) is 55.6 Å². The van der Waals surface area contributed by atoms with E-state index in [4.69, 9.17) is 10.5 Å². The van der Waals surface area contributed by atoms with Crippen molar-refractivity contribution in [3.63, 3.8) is 0 Å². The molecule has 1 rings (SSSR count). The summed E-state index contributed by atoms with van der Waals surface area (Å²) in [5, 5.41) is 0. The zero-order chi connectivity index (χ0) is 15.9. The molecule has 0 heterocycles. The second-order valence-electron chi connectivity index (χ2n) is 5.55. The number of esters is 1. The molecule has 0 amide bonds. The summed E-state index contributed by atoms with van der Waals surface area (Å²) in [6, 6.07) is 9.95. The third-order valence-electron chi connectivity index (χ3n) is 4.13. The van der Waals surface area contributed by atoms with Crippen molar-refractivity contribution in [1.29, 1.82) is 0 Å². The van der Waals surface area contributed by atoms with E-state index in [0.29, 0.717) is 19.1 Å².